The van der Waals surface area contributed by atoms with E-state index >= 15 is 0 Å². The Hall–Kier alpha value is 0.165. The molecule has 0 aliphatic rings. The Balaban J connectivity index is 0.000000711. The maximum absolute atomic E-state index is 11.6. The average Bonchev–Trinajstić information content (AvgIpc) is 2.27. The van der Waals surface area contributed by atoms with Gasteiger partial charge in [-0.1, -0.05) is 19.9 Å². The summed E-state index contributed by atoms with van der Waals surface area (Å²) in [5.41, 5.74) is 2.61. The van der Waals surface area contributed by atoms with Crippen molar-refractivity contribution in [1.82, 2.24) is 9.97 Å². The van der Waals surface area contributed by atoms with Gasteiger partial charge in [0.05, 0.1) is 5.52 Å². The minimum Gasteiger partial charge on any atom is -0.662 e. The standard InChI is InChI=1S/C10H10N2O.C2H6.Rb/c1-6-5-11-8-4-3-7(2)12-9(8)10(6)13;1-2;/h3-5H,1-2H3,(H,11,13);1-2H3;/q;;+1/p-1. The first-order valence-electron chi connectivity index (χ1n) is 5.08. The number of aromatic nitrogens is 2. The molecule has 3 nitrogen and oxygen atoms in total. The molecule has 2 aromatic rings. The van der Waals surface area contributed by atoms with Gasteiger partial charge >= 0.3 is 58.2 Å². The number of nitrogens with zero attached hydrogens (tertiary/aromatic N) is 2. The fourth-order valence-electron chi connectivity index (χ4n) is 1.23. The average molecular weight is 289 g/mol. The summed E-state index contributed by atoms with van der Waals surface area (Å²) in [7, 11) is 0. The molecule has 2 heterocycles. The minimum atomic E-state index is -0.0197. The summed E-state index contributed by atoms with van der Waals surface area (Å²) in [6, 6.07) is 3.67. The molecule has 0 atom stereocenters. The second-order valence-electron chi connectivity index (χ2n) is 3.09. The summed E-state index contributed by atoms with van der Waals surface area (Å²) in [6.07, 6.45) is 1.58. The van der Waals surface area contributed by atoms with Crippen LogP contribution in [0.4, 0.5) is 0 Å². The Morgan fingerprint density at radius 3 is 2.44 bits per heavy atom. The zero-order valence-electron chi connectivity index (χ0n) is 10.5. The van der Waals surface area contributed by atoms with Crippen LogP contribution in [0.1, 0.15) is 25.1 Å². The van der Waals surface area contributed by atoms with Gasteiger partial charge in [-0.3, -0.25) is 9.78 Å². The first kappa shape index (κ1) is 16.2. The van der Waals surface area contributed by atoms with Gasteiger partial charge in [-0.15, -0.1) is 5.52 Å². The fraction of sp³-hybridized carbons (Fsp3) is 0.333. The molecule has 0 saturated heterocycles. The molecule has 2 rings (SSSR count). The number of aryl methyl sites for hydroxylation is 2. The molecule has 80 valence electrons. The summed E-state index contributed by atoms with van der Waals surface area (Å²) < 4.78 is 0. The second kappa shape index (κ2) is 7.48. The zero-order chi connectivity index (χ0) is 11.4. The van der Waals surface area contributed by atoms with E-state index in [1.165, 1.54) is 0 Å². The van der Waals surface area contributed by atoms with Gasteiger partial charge in [-0.25, -0.2) is 0 Å². The van der Waals surface area contributed by atoms with Gasteiger partial charge in [0.15, 0.2) is 0 Å². The van der Waals surface area contributed by atoms with Crippen LogP contribution in [0.5, 0.6) is 0 Å². The first-order chi connectivity index (χ1) is 7.18. The third kappa shape index (κ3) is 3.59. The van der Waals surface area contributed by atoms with E-state index in [1.807, 2.05) is 32.9 Å². The fourth-order valence-corrected chi connectivity index (χ4v) is 1.23. The molecule has 0 spiro atoms. The van der Waals surface area contributed by atoms with E-state index in [2.05, 4.69) is 9.97 Å². The quantitative estimate of drug-likeness (QED) is 0.637. The molecule has 0 aliphatic carbocycles. The van der Waals surface area contributed by atoms with Crippen molar-refractivity contribution in [2.45, 2.75) is 27.7 Å². The van der Waals surface area contributed by atoms with E-state index in [0.717, 1.165) is 5.69 Å². The van der Waals surface area contributed by atoms with Crippen molar-refractivity contribution in [2.24, 2.45) is 0 Å². The molecule has 0 amide bonds. The number of rotatable bonds is 0. The summed E-state index contributed by atoms with van der Waals surface area (Å²) in [4.78, 5) is 19.9. The molecule has 0 unspecified atom stereocenters. The Kier molecular flexibility index (Phi) is 7.56. The first-order valence-corrected chi connectivity index (χ1v) is 5.08. The van der Waals surface area contributed by atoms with Crippen LogP contribution in [0.3, 0.4) is 0 Å². The van der Waals surface area contributed by atoms with Crippen molar-refractivity contribution in [1.29, 1.82) is 0 Å². The smallest absolute Gasteiger partial charge is 0.662 e. The molecule has 0 saturated carbocycles. The Bertz CT molecular complexity index is 515. The van der Waals surface area contributed by atoms with Gasteiger partial charge in [0.1, 0.15) is 0 Å². The maximum Gasteiger partial charge on any atom is 1.00 e. The van der Waals surface area contributed by atoms with Crippen LogP contribution in [0.15, 0.2) is 23.1 Å². The van der Waals surface area contributed by atoms with Crippen LogP contribution in [0.25, 0.3) is 11.0 Å². The summed E-state index contributed by atoms with van der Waals surface area (Å²) in [5.74, 6) is 0. The van der Waals surface area contributed by atoms with Crippen LogP contribution >= 0.6 is 0 Å². The van der Waals surface area contributed by atoms with Crippen molar-refractivity contribution in [3.63, 3.8) is 0 Å². The van der Waals surface area contributed by atoms with Crippen LogP contribution < -0.4 is 68.6 Å². The molecule has 2 aromatic heterocycles. The third-order valence-corrected chi connectivity index (χ3v) is 1.98. The van der Waals surface area contributed by atoms with Crippen LogP contribution in [-0.2, 0) is 0 Å². The topological polar surface area (TPSA) is 44.1 Å². The number of hydrogen-bond acceptors (Lipinski definition) is 2. The van der Waals surface area contributed by atoms with Crippen LogP contribution in [-0.4, -0.2) is 4.98 Å². The van der Waals surface area contributed by atoms with E-state index in [9.17, 15) is 4.79 Å². The monoisotopic (exact) mass is 288 g/mol. The molecular formula is C12H15N2ORb. The zero-order valence-corrected chi connectivity index (χ0v) is 15.5. The molecule has 4 heteroatoms. The minimum absolute atomic E-state index is 0. The van der Waals surface area contributed by atoms with Gasteiger partial charge in [-0.05, 0) is 25.5 Å². The largest absolute Gasteiger partial charge is 1.00 e. The molecule has 0 aromatic carbocycles. The van der Waals surface area contributed by atoms with Gasteiger partial charge in [-0.2, -0.15) is 6.20 Å². The molecule has 0 radical (unpaired) electrons. The summed E-state index contributed by atoms with van der Waals surface area (Å²) in [5, 5.41) is 0. The van der Waals surface area contributed by atoms with Crippen molar-refractivity contribution in [3.05, 3.63) is 39.8 Å². The SMILES string of the molecule is CC.Cc1ccc2[n-]cc(C)c(=O)c2n1.[Rb+]. The Morgan fingerprint density at radius 2 is 1.81 bits per heavy atom. The van der Waals surface area contributed by atoms with Gasteiger partial charge < -0.3 is 4.98 Å². The second-order valence-corrected chi connectivity index (χ2v) is 3.09. The third-order valence-electron chi connectivity index (χ3n) is 1.98. The summed E-state index contributed by atoms with van der Waals surface area (Å²) >= 11 is 0. The van der Waals surface area contributed by atoms with E-state index in [-0.39, 0.29) is 63.6 Å². The van der Waals surface area contributed by atoms with Crippen molar-refractivity contribution in [2.75, 3.05) is 0 Å². The maximum atomic E-state index is 11.6. The predicted molar refractivity (Wildman–Crippen MR) is 62.2 cm³/mol. The normalized spacial score (nSPS) is 9.00. The van der Waals surface area contributed by atoms with E-state index < -0.39 is 0 Å². The van der Waals surface area contributed by atoms with Gasteiger partial charge in [0, 0.05) is 5.69 Å². The van der Waals surface area contributed by atoms with E-state index in [4.69, 9.17) is 0 Å². The van der Waals surface area contributed by atoms with Crippen LogP contribution in [0, 0.1) is 13.8 Å². The van der Waals surface area contributed by atoms with E-state index in [1.54, 1.807) is 13.1 Å². The molecule has 0 N–H and O–H groups in total. The molecule has 0 aliphatic heterocycles. The van der Waals surface area contributed by atoms with Crippen molar-refractivity contribution < 1.29 is 58.2 Å². The van der Waals surface area contributed by atoms with E-state index in [0.29, 0.717) is 16.6 Å². The predicted octanol–water partition coefficient (Wildman–Crippen LogP) is -0.801. The molecule has 16 heavy (non-hydrogen) atoms. The van der Waals surface area contributed by atoms with Crippen molar-refractivity contribution in [3.8, 4) is 0 Å². The number of fused-ring (bicyclic) bond motifs is 1. The molecule has 0 fully saturated rings. The van der Waals surface area contributed by atoms with Crippen molar-refractivity contribution >= 4 is 11.0 Å². The summed E-state index contributed by atoms with van der Waals surface area (Å²) in [6.45, 7) is 7.61. The number of pyridine rings is 2. The Labute approximate surface area is 144 Å². The molecule has 0 bridgehead atoms. The van der Waals surface area contributed by atoms with Gasteiger partial charge in [0.25, 0.3) is 0 Å². The Morgan fingerprint density at radius 1 is 1.19 bits per heavy atom. The molecular weight excluding hydrogens is 274 g/mol. The van der Waals surface area contributed by atoms with Crippen LogP contribution in [0.2, 0.25) is 0 Å². The number of hydrogen-bond donors (Lipinski definition) is 0. The van der Waals surface area contributed by atoms with Gasteiger partial charge in [0.2, 0.25) is 5.43 Å².